The highest BCUT2D eigenvalue weighted by Gasteiger charge is 2.35. The first-order valence-corrected chi connectivity index (χ1v) is 13.1. The molecule has 5 aromatic rings. The number of ether oxygens (including phenoxy) is 1. The number of nitrogens with one attached hydrogen (secondary N) is 1. The van der Waals surface area contributed by atoms with E-state index in [-0.39, 0.29) is 23.4 Å². The lowest BCUT2D eigenvalue weighted by atomic mass is 10.0. The second-order valence-corrected chi connectivity index (χ2v) is 9.60. The van der Waals surface area contributed by atoms with Crippen LogP contribution in [0.3, 0.4) is 0 Å². The van der Waals surface area contributed by atoms with Gasteiger partial charge in [0.05, 0.1) is 41.7 Å². The molecule has 0 radical (unpaired) electrons. The van der Waals surface area contributed by atoms with Crippen molar-refractivity contribution in [1.29, 1.82) is 0 Å². The van der Waals surface area contributed by atoms with Crippen molar-refractivity contribution in [3.8, 4) is 22.4 Å². The summed E-state index contributed by atoms with van der Waals surface area (Å²) in [6, 6.07) is 13.8. The minimum absolute atomic E-state index is 0.138. The third-order valence-electron chi connectivity index (χ3n) is 6.81. The fourth-order valence-electron chi connectivity index (χ4n) is 4.58. The average Bonchev–Trinajstić information content (AvgIpc) is 3.47. The number of hydrogen-bond donors (Lipinski definition) is 1. The van der Waals surface area contributed by atoms with E-state index in [1.807, 2.05) is 30.5 Å². The number of rotatable bonds is 9. The van der Waals surface area contributed by atoms with Crippen LogP contribution >= 0.6 is 0 Å². The zero-order valence-electron chi connectivity index (χ0n) is 22.9. The molecule has 0 atom stereocenters. The smallest absolute Gasteiger partial charge is 0.383 e. The van der Waals surface area contributed by atoms with Gasteiger partial charge in [0.25, 0.3) is 11.5 Å². The lowest BCUT2D eigenvalue weighted by Crippen LogP contribution is -2.24. The van der Waals surface area contributed by atoms with Gasteiger partial charge in [0.1, 0.15) is 0 Å². The highest BCUT2D eigenvalue weighted by Crippen LogP contribution is 2.34. The van der Waals surface area contributed by atoms with Crippen molar-refractivity contribution in [3.63, 3.8) is 0 Å². The summed E-state index contributed by atoms with van der Waals surface area (Å²) in [5.74, 6) is -0.846. The minimum atomic E-state index is -4.75. The summed E-state index contributed by atoms with van der Waals surface area (Å²) in [6.45, 7) is 1.40. The van der Waals surface area contributed by atoms with E-state index < -0.39 is 23.2 Å². The molecule has 0 saturated carbocycles. The maximum Gasteiger partial charge on any atom is 0.417 e. The summed E-state index contributed by atoms with van der Waals surface area (Å²) in [5.41, 5.74) is 1.96. The number of hydrogen-bond acceptors (Lipinski definition) is 6. The van der Waals surface area contributed by atoms with Crippen LogP contribution in [0.15, 0.2) is 78.0 Å². The van der Waals surface area contributed by atoms with Gasteiger partial charge in [-0.05, 0) is 48.4 Å². The van der Waals surface area contributed by atoms with E-state index in [0.717, 1.165) is 39.7 Å². The Morgan fingerprint density at radius 3 is 2.57 bits per heavy atom. The standard InChI is InChI=1S/C30H27F3N6O3/c1-34-29(41)24-5-4-20(15-25(24)30(31,32)33)27-7-8-28(40)39(37-27)10-9-19-3-6-26-21(13-19)14-22(16-35-26)23-17-36-38(18-23)11-12-42-2/h3-8,13-18H,9-12H2,1-2H3,(H,34,41). The molecule has 2 aromatic carbocycles. The van der Waals surface area contributed by atoms with E-state index in [1.54, 1.807) is 24.2 Å². The maximum atomic E-state index is 13.7. The molecule has 0 unspecified atom stereocenters. The fourth-order valence-corrected chi connectivity index (χ4v) is 4.58. The first-order chi connectivity index (χ1) is 20.2. The van der Waals surface area contributed by atoms with E-state index in [2.05, 4.69) is 20.5 Å². The van der Waals surface area contributed by atoms with Crippen molar-refractivity contribution in [3.05, 3.63) is 100 Å². The summed E-state index contributed by atoms with van der Waals surface area (Å²) in [7, 11) is 2.90. The van der Waals surface area contributed by atoms with Crippen LogP contribution in [0.4, 0.5) is 13.2 Å². The summed E-state index contributed by atoms with van der Waals surface area (Å²) in [5, 5.41) is 11.8. The van der Waals surface area contributed by atoms with Crippen LogP contribution in [0.1, 0.15) is 21.5 Å². The molecule has 0 aliphatic carbocycles. The van der Waals surface area contributed by atoms with Crippen LogP contribution in [0.2, 0.25) is 0 Å². The van der Waals surface area contributed by atoms with E-state index in [0.29, 0.717) is 19.6 Å². The van der Waals surface area contributed by atoms with Crippen LogP contribution in [-0.2, 0) is 30.4 Å². The molecule has 42 heavy (non-hydrogen) atoms. The molecule has 3 aromatic heterocycles. The Kier molecular flexibility index (Phi) is 8.16. The highest BCUT2D eigenvalue weighted by atomic mass is 19.4. The molecule has 5 rings (SSSR count). The monoisotopic (exact) mass is 576 g/mol. The number of methoxy groups -OCH3 is 1. The van der Waals surface area contributed by atoms with Gasteiger partial charge in [-0.15, -0.1) is 0 Å². The maximum absolute atomic E-state index is 13.7. The molecule has 3 heterocycles. The number of carbonyl (C=O) groups excluding carboxylic acids is 1. The Hall–Kier alpha value is -4.84. The molecule has 0 spiro atoms. The van der Waals surface area contributed by atoms with Crippen molar-refractivity contribution in [2.24, 2.45) is 0 Å². The molecule has 0 saturated heterocycles. The van der Waals surface area contributed by atoms with Gasteiger partial charge in [-0.1, -0.05) is 12.1 Å². The average molecular weight is 577 g/mol. The van der Waals surface area contributed by atoms with Gasteiger partial charge in [0.2, 0.25) is 0 Å². The number of halogens is 3. The van der Waals surface area contributed by atoms with Gasteiger partial charge < -0.3 is 10.1 Å². The number of fused-ring (bicyclic) bond motifs is 1. The predicted molar refractivity (Wildman–Crippen MR) is 151 cm³/mol. The van der Waals surface area contributed by atoms with Crippen molar-refractivity contribution in [1.82, 2.24) is 29.9 Å². The summed E-state index contributed by atoms with van der Waals surface area (Å²) in [6.07, 6.45) is 1.20. The number of pyridine rings is 1. The second-order valence-electron chi connectivity index (χ2n) is 9.60. The van der Waals surface area contributed by atoms with Gasteiger partial charge in [0.15, 0.2) is 0 Å². The predicted octanol–water partition coefficient (Wildman–Crippen LogP) is 4.59. The Morgan fingerprint density at radius 2 is 1.81 bits per heavy atom. The third kappa shape index (κ3) is 6.23. The Bertz CT molecular complexity index is 1810. The van der Waals surface area contributed by atoms with E-state index in [4.69, 9.17) is 4.74 Å². The van der Waals surface area contributed by atoms with E-state index in [9.17, 15) is 22.8 Å². The topological polar surface area (TPSA) is 104 Å². The molecule has 9 nitrogen and oxygen atoms in total. The number of aryl methyl sites for hydroxylation is 2. The lowest BCUT2D eigenvalue weighted by molar-refractivity contribution is -0.137. The number of carbonyl (C=O) groups is 1. The number of aromatic nitrogens is 5. The van der Waals surface area contributed by atoms with Crippen molar-refractivity contribution in [2.45, 2.75) is 25.7 Å². The fraction of sp³-hybridized carbons (Fsp3) is 0.233. The number of alkyl halides is 3. The third-order valence-corrected chi connectivity index (χ3v) is 6.81. The molecule has 1 amide bonds. The van der Waals surface area contributed by atoms with Gasteiger partial charge in [-0.25, -0.2) is 4.68 Å². The van der Waals surface area contributed by atoms with Crippen molar-refractivity contribution < 1.29 is 22.7 Å². The van der Waals surface area contributed by atoms with Gasteiger partial charge in [0, 0.05) is 61.2 Å². The van der Waals surface area contributed by atoms with Crippen LogP contribution in [-0.4, -0.2) is 51.2 Å². The van der Waals surface area contributed by atoms with Crippen LogP contribution in [0, 0.1) is 0 Å². The molecule has 0 fully saturated rings. The quantitative estimate of drug-likeness (QED) is 0.275. The Morgan fingerprint density at radius 1 is 0.976 bits per heavy atom. The summed E-state index contributed by atoms with van der Waals surface area (Å²) >= 11 is 0. The Labute approximate surface area is 238 Å². The highest BCUT2D eigenvalue weighted by molar-refractivity contribution is 5.96. The van der Waals surface area contributed by atoms with Gasteiger partial charge >= 0.3 is 6.18 Å². The molecule has 1 N–H and O–H groups in total. The molecule has 216 valence electrons. The largest absolute Gasteiger partial charge is 0.417 e. The zero-order valence-corrected chi connectivity index (χ0v) is 22.9. The lowest BCUT2D eigenvalue weighted by Gasteiger charge is -2.14. The van der Waals surface area contributed by atoms with Crippen LogP contribution in [0.5, 0.6) is 0 Å². The van der Waals surface area contributed by atoms with E-state index in [1.165, 1.54) is 29.9 Å². The van der Waals surface area contributed by atoms with E-state index >= 15 is 0 Å². The van der Waals surface area contributed by atoms with Crippen molar-refractivity contribution in [2.75, 3.05) is 20.8 Å². The van der Waals surface area contributed by atoms with Crippen LogP contribution < -0.4 is 10.9 Å². The SMILES string of the molecule is CNC(=O)c1ccc(-c2ccc(=O)n(CCc3ccc4ncc(-c5cnn(CCOC)c5)cc4c3)n2)cc1C(F)(F)F. The zero-order chi connectivity index (χ0) is 29.9. The molecule has 0 aliphatic heterocycles. The minimum Gasteiger partial charge on any atom is -0.383 e. The second kappa shape index (κ2) is 12.0. The molecule has 12 heteroatoms. The normalized spacial score (nSPS) is 11.6. The molecular weight excluding hydrogens is 549 g/mol. The van der Waals surface area contributed by atoms with Gasteiger partial charge in [-0.2, -0.15) is 23.4 Å². The molecular formula is C30H27F3N6O3. The number of nitrogens with zero attached hydrogens (tertiary/aromatic N) is 5. The number of benzene rings is 2. The number of amides is 1. The molecule has 0 bridgehead atoms. The van der Waals surface area contributed by atoms with Crippen molar-refractivity contribution >= 4 is 16.8 Å². The summed E-state index contributed by atoms with van der Waals surface area (Å²) in [4.78, 5) is 29.1. The summed E-state index contributed by atoms with van der Waals surface area (Å²) < 4.78 is 49.2. The van der Waals surface area contributed by atoms with Crippen LogP contribution in [0.25, 0.3) is 33.3 Å². The first kappa shape index (κ1) is 28.7. The Balaban J connectivity index is 1.37. The van der Waals surface area contributed by atoms with Gasteiger partial charge in [-0.3, -0.25) is 19.3 Å². The first-order valence-electron chi connectivity index (χ1n) is 13.1. The molecule has 0 aliphatic rings.